The SMILES string of the molecule is Cn1c(=O)c2ccccc2n2c(CNc3ccc4c(c3)OCCCO4)nnc12. The first-order valence-electron chi connectivity index (χ1n) is 9.17. The van der Waals surface area contributed by atoms with Crippen LogP contribution < -0.4 is 20.3 Å². The summed E-state index contributed by atoms with van der Waals surface area (Å²) in [5.41, 5.74) is 1.61. The second-order valence-electron chi connectivity index (χ2n) is 6.70. The Morgan fingerprint density at radius 1 is 1.07 bits per heavy atom. The van der Waals surface area contributed by atoms with Crippen LogP contribution in [0.1, 0.15) is 12.2 Å². The Labute approximate surface area is 160 Å². The lowest BCUT2D eigenvalue weighted by molar-refractivity contribution is 0.297. The van der Waals surface area contributed by atoms with Crippen molar-refractivity contribution in [2.75, 3.05) is 18.5 Å². The molecular formula is C20H19N5O3. The van der Waals surface area contributed by atoms with Gasteiger partial charge in [0.2, 0.25) is 5.78 Å². The van der Waals surface area contributed by atoms with E-state index in [2.05, 4.69) is 15.5 Å². The molecule has 0 amide bonds. The monoisotopic (exact) mass is 377 g/mol. The maximum Gasteiger partial charge on any atom is 0.262 e. The van der Waals surface area contributed by atoms with Gasteiger partial charge < -0.3 is 14.8 Å². The van der Waals surface area contributed by atoms with Crippen molar-refractivity contribution in [1.82, 2.24) is 19.2 Å². The maximum atomic E-state index is 12.5. The third-order valence-corrected chi connectivity index (χ3v) is 4.89. The van der Waals surface area contributed by atoms with Gasteiger partial charge in [-0.1, -0.05) is 12.1 Å². The van der Waals surface area contributed by atoms with Crippen LogP contribution in [0.2, 0.25) is 0 Å². The van der Waals surface area contributed by atoms with Crippen LogP contribution in [0.3, 0.4) is 0 Å². The van der Waals surface area contributed by atoms with E-state index in [0.29, 0.717) is 36.7 Å². The van der Waals surface area contributed by atoms with Crippen molar-refractivity contribution in [2.45, 2.75) is 13.0 Å². The lowest BCUT2D eigenvalue weighted by Gasteiger charge is -2.11. The molecule has 1 aliphatic rings. The molecule has 0 bridgehead atoms. The van der Waals surface area contributed by atoms with Gasteiger partial charge in [-0.3, -0.25) is 13.8 Å². The second-order valence-corrected chi connectivity index (χ2v) is 6.70. The zero-order valence-electron chi connectivity index (χ0n) is 15.4. The fourth-order valence-corrected chi connectivity index (χ4v) is 3.46. The molecule has 0 unspecified atom stereocenters. The molecule has 0 spiro atoms. The van der Waals surface area contributed by atoms with Gasteiger partial charge in [0, 0.05) is 25.2 Å². The number of ether oxygens (including phenoxy) is 2. The van der Waals surface area contributed by atoms with Crippen molar-refractivity contribution in [3.8, 4) is 11.5 Å². The molecule has 1 aliphatic heterocycles. The van der Waals surface area contributed by atoms with E-state index in [1.807, 2.05) is 46.9 Å². The number of nitrogens with zero attached hydrogens (tertiary/aromatic N) is 4. The van der Waals surface area contributed by atoms with Crippen LogP contribution in [-0.4, -0.2) is 32.4 Å². The van der Waals surface area contributed by atoms with E-state index in [-0.39, 0.29) is 5.56 Å². The highest BCUT2D eigenvalue weighted by Gasteiger charge is 2.15. The van der Waals surface area contributed by atoms with Crippen LogP contribution in [0.15, 0.2) is 47.3 Å². The van der Waals surface area contributed by atoms with Crippen molar-refractivity contribution < 1.29 is 9.47 Å². The molecule has 1 N–H and O–H groups in total. The number of hydrogen-bond acceptors (Lipinski definition) is 6. The van der Waals surface area contributed by atoms with Gasteiger partial charge in [-0.25, -0.2) is 0 Å². The molecule has 8 heteroatoms. The summed E-state index contributed by atoms with van der Waals surface area (Å²) in [7, 11) is 1.71. The number of aromatic nitrogens is 4. The van der Waals surface area contributed by atoms with Crippen molar-refractivity contribution in [3.63, 3.8) is 0 Å². The Morgan fingerprint density at radius 2 is 1.89 bits per heavy atom. The molecule has 2 aromatic heterocycles. The first-order chi connectivity index (χ1) is 13.7. The van der Waals surface area contributed by atoms with Gasteiger partial charge in [0.25, 0.3) is 5.56 Å². The van der Waals surface area contributed by atoms with Crippen molar-refractivity contribution in [1.29, 1.82) is 0 Å². The minimum absolute atomic E-state index is 0.0853. The van der Waals surface area contributed by atoms with Gasteiger partial charge in [0.1, 0.15) is 0 Å². The maximum absolute atomic E-state index is 12.5. The fraction of sp³-hybridized carbons (Fsp3) is 0.250. The van der Waals surface area contributed by atoms with Crippen LogP contribution in [-0.2, 0) is 13.6 Å². The van der Waals surface area contributed by atoms with Gasteiger partial charge in [0.15, 0.2) is 17.3 Å². The van der Waals surface area contributed by atoms with E-state index in [4.69, 9.17) is 9.47 Å². The van der Waals surface area contributed by atoms with Crippen LogP contribution in [0.25, 0.3) is 16.7 Å². The number of anilines is 1. The van der Waals surface area contributed by atoms with E-state index in [1.165, 1.54) is 4.57 Å². The van der Waals surface area contributed by atoms with Crippen LogP contribution in [0.4, 0.5) is 5.69 Å². The number of nitrogens with one attached hydrogen (secondary N) is 1. The number of benzene rings is 2. The molecule has 0 aliphatic carbocycles. The van der Waals surface area contributed by atoms with Crippen molar-refractivity contribution >= 4 is 22.4 Å². The molecule has 142 valence electrons. The summed E-state index contributed by atoms with van der Waals surface area (Å²) in [6, 6.07) is 13.3. The van der Waals surface area contributed by atoms with Gasteiger partial charge in [-0.15, -0.1) is 10.2 Å². The van der Waals surface area contributed by atoms with Crippen molar-refractivity contribution in [3.05, 3.63) is 58.6 Å². The minimum atomic E-state index is -0.0853. The van der Waals surface area contributed by atoms with Gasteiger partial charge >= 0.3 is 0 Å². The van der Waals surface area contributed by atoms with E-state index >= 15 is 0 Å². The molecule has 28 heavy (non-hydrogen) atoms. The highest BCUT2D eigenvalue weighted by Crippen LogP contribution is 2.32. The Kier molecular flexibility index (Phi) is 3.89. The van der Waals surface area contributed by atoms with Gasteiger partial charge in [-0.2, -0.15) is 0 Å². The third kappa shape index (κ3) is 2.65. The summed E-state index contributed by atoms with van der Waals surface area (Å²) in [4.78, 5) is 12.5. The largest absolute Gasteiger partial charge is 0.490 e. The van der Waals surface area contributed by atoms with Crippen LogP contribution >= 0.6 is 0 Å². The van der Waals surface area contributed by atoms with E-state index in [0.717, 1.165) is 29.1 Å². The van der Waals surface area contributed by atoms with Crippen LogP contribution in [0, 0.1) is 0 Å². The Bertz CT molecular complexity index is 1240. The zero-order valence-corrected chi connectivity index (χ0v) is 15.4. The summed E-state index contributed by atoms with van der Waals surface area (Å²) in [6.45, 7) is 1.76. The molecule has 3 heterocycles. The average molecular weight is 377 g/mol. The minimum Gasteiger partial charge on any atom is -0.490 e. The molecule has 0 saturated heterocycles. The molecule has 0 atom stereocenters. The predicted octanol–water partition coefficient (Wildman–Crippen LogP) is 2.35. The fourth-order valence-electron chi connectivity index (χ4n) is 3.46. The average Bonchev–Trinajstić information content (AvgIpc) is 3.01. The summed E-state index contributed by atoms with van der Waals surface area (Å²) in [5, 5.41) is 12.5. The van der Waals surface area contributed by atoms with E-state index in [1.54, 1.807) is 7.05 Å². The van der Waals surface area contributed by atoms with Crippen molar-refractivity contribution in [2.24, 2.45) is 7.05 Å². The normalized spacial score (nSPS) is 13.6. The Hall–Kier alpha value is -3.55. The first kappa shape index (κ1) is 16.6. The number of para-hydroxylation sites is 1. The van der Waals surface area contributed by atoms with Gasteiger partial charge in [0.05, 0.1) is 30.7 Å². The summed E-state index contributed by atoms with van der Waals surface area (Å²) >= 11 is 0. The third-order valence-electron chi connectivity index (χ3n) is 4.89. The molecule has 0 saturated carbocycles. The van der Waals surface area contributed by atoms with E-state index in [9.17, 15) is 4.79 Å². The van der Waals surface area contributed by atoms with Gasteiger partial charge in [-0.05, 0) is 24.3 Å². The zero-order chi connectivity index (χ0) is 19.1. The molecule has 2 aromatic carbocycles. The second kappa shape index (κ2) is 6.56. The highest BCUT2D eigenvalue weighted by molar-refractivity contribution is 5.80. The molecular weight excluding hydrogens is 358 g/mol. The number of aryl methyl sites for hydroxylation is 1. The predicted molar refractivity (Wildman–Crippen MR) is 105 cm³/mol. The standard InChI is InChI=1S/C20H19N5O3/c1-24-19(26)14-5-2-3-6-15(14)25-18(22-23-20(24)25)12-21-13-7-8-16-17(11-13)28-10-4-9-27-16/h2-3,5-8,11,21H,4,9-10,12H2,1H3. The highest BCUT2D eigenvalue weighted by atomic mass is 16.5. The first-order valence-corrected chi connectivity index (χ1v) is 9.17. The summed E-state index contributed by atoms with van der Waals surface area (Å²) < 4.78 is 14.8. The summed E-state index contributed by atoms with van der Waals surface area (Å²) in [5.74, 6) is 2.73. The smallest absolute Gasteiger partial charge is 0.262 e. The molecule has 0 radical (unpaired) electrons. The number of rotatable bonds is 3. The Balaban J connectivity index is 1.51. The molecule has 5 rings (SSSR count). The molecule has 0 fully saturated rings. The Morgan fingerprint density at radius 3 is 2.79 bits per heavy atom. The summed E-state index contributed by atoms with van der Waals surface area (Å²) in [6.07, 6.45) is 0.870. The number of hydrogen-bond donors (Lipinski definition) is 1. The molecule has 4 aromatic rings. The lowest BCUT2D eigenvalue weighted by Crippen LogP contribution is -2.20. The lowest BCUT2D eigenvalue weighted by atomic mass is 10.2. The number of fused-ring (bicyclic) bond motifs is 4. The van der Waals surface area contributed by atoms with Crippen LogP contribution in [0.5, 0.6) is 11.5 Å². The topological polar surface area (TPSA) is 82.7 Å². The quantitative estimate of drug-likeness (QED) is 0.590. The molecule has 8 nitrogen and oxygen atoms in total. The van der Waals surface area contributed by atoms with E-state index < -0.39 is 0 Å².